The average molecular weight is 279 g/mol. The van der Waals surface area contributed by atoms with Gasteiger partial charge in [0.25, 0.3) is 0 Å². The van der Waals surface area contributed by atoms with Crippen LogP contribution in [0.15, 0.2) is 18.3 Å². The van der Waals surface area contributed by atoms with Crippen molar-refractivity contribution in [1.29, 1.82) is 0 Å². The Morgan fingerprint density at radius 1 is 1.26 bits per heavy atom. The molecule has 0 radical (unpaired) electrons. The molecule has 1 aliphatic carbocycles. The highest BCUT2D eigenvalue weighted by Gasteiger charge is 2.38. The molecular formula is C16H23ClN2. The zero-order chi connectivity index (χ0) is 13.1. The summed E-state index contributed by atoms with van der Waals surface area (Å²) in [5.74, 6) is 0. The molecule has 2 nitrogen and oxygen atoms in total. The van der Waals surface area contributed by atoms with Crippen LogP contribution in [0.4, 0.5) is 0 Å². The zero-order valence-electron chi connectivity index (χ0n) is 11.5. The predicted octanol–water partition coefficient (Wildman–Crippen LogP) is 3.98. The number of aryl methyl sites for hydroxylation is 1. The SMILES string of the molecule is Clc1ccc(CCC2CC3(CCCC3)CCN2)nc1. The fourth-order valence-electron chi connectivity index (χ4n) is 3.90. The van der Waals surface area contributed by atoms with E-state index in [4.69, 9.17) is 11.6 Å². The van der Waals surface area contributed by atoms with Crippen molar-refractivity contribution in [2.24, 2.45) is 5.41 Å². The zero-order valence-corrected chi connectivity index (χ0v) is 12.3. The van der Waals surface area contributed by atoms with Crippen molar-refractivity contribution in [2.75, 3.05) is 6.54 Å². The highest BCUT2D eigenvalue weighted by molar-refractivity contribution is 6.30. The van der Waals surface area contributed by atoms with Gasteiger partial charge in [-0.1, -0.05) is 24.4 Å². The van der Waals surface area contributed by atoms with E-state index >= 15 is 0 Å². The molecule has 1 aromatic rings. The second kappa shape index (κ2) is 5.80. The van der Waals surface area contributed by atoms with Crippen molar-refractivity contribution in [3.63, 3.8) is 0 Å². The largest absolute Gasteiger partial charge is 0.314 e. The van der Waals surface area contributed by atoms with Crippen LogP contribution in [0.5, 0.6) is 0 Å². The lowest BCUT2D eigenvalue weighted by Crippen LogP contribution is -2.43. The summed E-state index contributed by atoms with van der Waals surface area (Å²) in [5.41, 5.74) is 1.85. The van der Waals surface area contributed by atoms with Crippen LogP contribution in [0.3, 0.4) is 0 Å². The van der Waals surface area contributed by atoms with E-state index in [9.17, 15) is 0 Å². The van der Waals surface area contributed by atoms with Gasteiger partial charge < -0.3 is 5.32 Å². The number of rotatable bonds is 3. The Kier molecular flexibility index (Phi) is 4.09. The molecule has 1 aliphatic heterocycles. The van der Waals surface area contributed by atoms with E-state index < -0.39 is 0 Å². The number of aromatic nitrogens is 1. The first-order valence-electron chi connectivity index (χ1n) is 7.60. The summed E-state index contributed by atoms with van der Waals surface area (Å²) >= 11 is 5.87. The number of halogens is 1. The number of nitrogens with one attached hydrogen (secondary N) is 1. The molecular weight excluding hydrogens is 256 g/mol. The van der Waals surface area contributed by atoms with Crippen molar-refractivity contribution < 1.29 is 0 Å². The molecule has 0 aromatic carbocycles. The first kappa shape index (κ1) is 13.4. The lowest BCUT2D eigenvalue weighted by atomic mass is 9.74. The summed E-state index contributed by atoms with van der Waals surface area (Å²) in [6.07, 6.45) is 12.6. The number of hydrogen-bond donors (Lipinski definition) is 1. The Labute approximate surface area is 121 Å². The minimum absolute atomic E-state index is 0.684. The summed E-state index contributed by atoms with van der Waals surface area (Å²) in [4.78, 5) is 4.39. The molecule has 2 aliphatic rings. The molecule has 2 heterocycles. The predicted molar refractivity (Wildman–Crippen MR) is 79.5 cm³/mol. The Balaban J connectivity index is 1.53. The third-order valence-corrected chi connectivity index (χ3v) is 5.19. The molecule has 19 heavy (non-hydrogen) atoms. The van der Waals surface area contributed by atoms with E-state index in [1.807, 2.05) is 6.07 Å². The van der Waals surface area contributed by atoms with Gasteiger partial charge in [0.15, 0.2) is 0 Å². The lowest BCUT2D eigenvalue weighted by Gasteiger charge is -2.39. The van der Waals surface area contributed by atoms with Crippen LogP contribution in [0.25, 0.3) is 0 Å². The second-order valence-corrected chi connectivity index (χ2v) is 6.76. The molecule has 1 unspecified atom stereocenters. The normalized spacial score (nSPS) is 25.8. The van der Waals surface area contributed by atoms with Crippen LogP contribution in [0.2, 0.25) is 5.02 Å². The molecule has 1 saturated carbocycles. The van der Waals surface area contributed by atoms with Gasteiger partial charge in [0.2, 0.25) is 0 Å². The van der Waals surface area contributed by atoms with Crippen LogP contribution >= 0.6 is 11.6 Å². The summed E-state index contributed by atoms with van der Waals surface area (Å²) in [7, 11) is 0. The monoisotopic (exact) mass is 278 g/mol. The molecule has 1 atom stereocenters. The molecule has 2 fully saturated rings. The Bertz CT molecular complexity index is 409. The Hall–Kier alpha value is -0.600. The first-order valence-corrected chi connectivity index (χ1v) is 7.97. The molecule has 104 valence electrons. The van der Waals surface area contributed by atoms with Crippen LogP contribution in [0, 0.1) is 5.41 Å². The van der Waals surface area contributed by atoms with Gasteiger partial charge in [0.1, 0.15) is 0 Å². The molecule has 1 aromatic heterocycles. The van der Waals surface area contributed by atoms with Crippen molar-refractivity contribution in [2.45, 2.75) is 57.4 Å². The van der Waals surface area contributed by atoms with E-state index in [-0.39, 0.29) is 0 Å². The van der Waals surface area contributed by atoms with Crippen molar-refractivity contribution in [3.8, 4) is 0 Å². The highest BCUT2D eigenvalue weighted by atomic mass is 35.5. The maximum atomic E-state index is 5.87. The van der Waals surface area contributed by atoms with Gasteiger partial charge in [-0.2, -0.15) is 0 Å². The molecule has 3 heteroatoms. The second-order valence-electron chi connectivity index (χ2n) is 6.32. The summed E-state index contributed by atoms with van der Waals surface area (Å²) in [5, 5.41) is 4.42. The Morgan fingerprint density at radius 2 is 2.11 bits per heavy atom. The van der Waals surface area contributed by atoms with E-state index in [0.717, 1.165) is 17.1 Å². The number of piperidine rings is 1. The van der Waals surface area contributed by atoms with E-state index in [0.29, 0.717) is 11.5 Å². The third-order valence-electron chi connectivity index (χ3n) is 4.97. The maximum Gasteiger partial charge on any atom is 0.0589 e. The smallest absolute Gasteiger partial charge is 0.0589 e. The van der Waals surface area contributed by atoms with E-state index in [1.165, 1.54) is 51.5 Å². The summed E-state index contributed by atoms with van der Waals surface area (Å²) in [6, 6.07) is 4.68. The summed E-state index contributed by atoms with van der Waals surface area (Å²) < 4.78 is 0. The molecule has 1 N–H and O–H groups in total. The quantitative estimate of drug-likeness (QED) is 0.905. The minimum Gasteiger partial charge on any atom is -0.314 e. The number of nitrogens with zero attached hydrogens (tertiary/aromatic N) is 1. The van der Waals surface area contributed by atoms with Crippen molar-refractivity contribution in [3.05, 3.63) is 29.0 Å². The van der Waals surface area contributed by atoms with Crippen LogP contribution in [-0.2, 0) is 6.42 Å². The molecule has 1 spiro atoms. The molecule has 3 rings (SSSR count). The van der Waals surface area contributed by atoms with Crippen molar-refractivity contribution in [1.82, 2.24) is 10.3 Å². The molecule has 0 bridgehead atoms. The third kappa shape index (κ3) is 3.29. The van der Waals surface area contributed by atoms with Gasteiger partial charge in [-0.15, -0.1) is 0 Å². The van der Waals surface area contributed by atoms with E-state index in [1.54, 1.807) is 6.20 Å². The van der Waals surface area contributed by atoms with Gasteiger partial charge in [-0.05, 0) is 62.6 Å². The molecule has 1 saturated heterocycles. The van der Waals surface area contributed by atoms with Crippen LogP contribution in [-0.4, -0.2) is 17.6 Å². The van der Waals surface area contributed by atoms with Gasteiger partial charge in [0, 0.05) is 17.9 Å². The van der Waals surface area contributed by atoms with Gasteiger partial charge in [0.05, 0.1) is 5.02 Å². The average Bonchev–Trinajstić information content (AvgIpc) is 2.86. The lowest BCUT2D eigenvalue weighted by molar-refractivity contribution is 0.165. The van der Waals surface area contributed by atoms with Gasteiger partial charge >= 0.3 is 0 Å². The van der Waals surface area contributed by atoms with Gasteiger partial charge in [-0.25, -0.2) is 0 Å². The first-order chi connectivity index (χ1) is 9.26. The maximum absolute atomic E-state index is 5.87. The fraction of sp³-hybridized carbons (Fsp3) is 0.688. The topological polar surface area (TPSA) is 24.9 Å². The van der Waals surface area contributed by atoms with Crippen LogP contribution in [0.1, 0.15) is 50.6 Å². The molecule has 0 amide bonds. The van der Waals surface area contributed by atoms with E-state index in [2.05, 4.69) is 16.4 Å². The van der Waals surface area contributed by atoms with Crippen LogP contribution < -0.4 is 5.32 Å². The number of pyridine rings is 1. The minimum atomic E-state index is 0.684. The fourth-order valence-corrected chi connectivity index (χ4v) is 4.01. The number of hydrogen-bond acceptors (Lipinski definition) is 2. The van der Waals surface area contributed by atoms with Crippen molar-refractivity contribution >= 4 is 11.6 Å². The van der Waals surface area contributed by atoms with Gasteiger partial charge in [-0.3, -0.25) is 4.98 Å². The Morgan fingerprint density at radius 3 is 2.84 bits per heavy atom. The standard InChI is InChI=1S/C16H23ClN2/c17-13-3-4-14(19-12-13)5-6-15-11-16(9-10-18-15)7-1-2-8-16/h3-4,12,15,18H,1-2,5-11H2. The summed E-state index contributed by atoms with van der Waals surface area (Å²) in [6.45, 7) is 1.21. The highest BCUT2D eigenvalue weighted by Crippen LogP contribution is 2.46.